The Hall–Kier alpha value is -3.07. The van der Waals surface area contributed by atoms with Crippen molar-refractivity contribution in [3.8, 4) is 0 Å². The Bertz CT molecular complexity index is 1240. The van der Waals surface area contributed by atoms with Crippen LogP contribution in [0.2, 0.25) is 0 Å². The van der Waals surface area contributed by atoms with Gasteiger partial charge >= 0.3 is 0 Å². The summed E-state index contributed by atoms with van der Waals surface area (Å²) in [6, 6.07) is 4.36. The molecule has 0 radical (unpaired) electrons. The first-order valence-corrected chi connectivity index (χ1v) is 14.1. The normalized spacial score (nSPS) is 24.7. The van der Waals surface area contributed by atoms with Crippen LogP contribution < -0.4 is 9.80 Å². The lowest BCUT2D eigenvalue weighted by Crippen LogP contribution is -2.66. The van der Waals surface area contributed by atoms with Crippen molar-refractivity contribution in [2.24, 2.45) is 4.99 Å². The number of hydrogen-bond acceptors (Lipinski definition) is 8. The summed E-state index contributed by atoms with van der Waals surface area (Å²) in [5, 5.41) is 0. The number of carbonyl (C=O) groups excluding carboxylic acids is 1. The van der Waals surface area contributed by atoms with Crippen molar-refractivity contribution in [3.63, 3.8) is 0 Å². The molecule has 3 fully saturated rings. The average Bonchev–Trinajstić information content (AvgIpc) is 3.20. The van der Waals surface area contributed by atoms with Crippen LogP contribution in [0.3, 0.4) is 0 Å². The molecule has 0 aromatic carbocycles. The quantitative estimate of drug-likeness (QED) is 0.543. The van der Waals surface area contributed by atoms with Crippen LogP contribution in [0, 0.1) is 0 Å². The minimum absolute atomic E-state index is 0.0513. The monoisotopic (exact) mass is 516 g/mol. The van der Waals surface area contributed by atoms with Crippen molar-refractivity contribution in [2.45, 2.75) is 83.0 Å². The SMILES string of the molecule is C=NCc1ccnc(N2CC3(CCC3)c3c2ncnc3N2C[C@@H](C)N(C(=O)C(C)(C)N3CCC3)C[C@@H]2C)c1. The van der Waals surface area contributed by atoms with Gasteiger partial charge in [0.05, 0.1) is 12.1 Å². The molecule has 6 rings (SSSR count). The second-order valence-electron chi connectivity index (χ2n) is 12.2. The molecule has 9 nitrogen and oxygen atoms in total. The van der Waals surface area contributed by atoms with E-state index in [-0.39, 0.29) is 23.4 Å². The van der Waals surface area contributed by atoms with Crippen molar-refractivity contribution >= 4 is 30.1 Å². The van der Waals surface area contributed by atoms with Crippen molar-refractivity contribution in [1.29, 1.82) is 0 Å². The molecule has 1 spiro atoms. The van der Waals surface area contributed by atoms with E-state index in [1.54, 1.807) is 6.33 Å². The predicted octanol–water partition coefficient (Wildman–Crippen LogP) is 3.56. The first-order chi connectivity index (χ1) is 18.2. The van der Waals surface area contributed by atoms with Gasteiger partial charge in [0.25, 0.3) is 0 Å². The second-order valence-corrected chi connectivity index (χ2v) is 12.2. The van der Waals surface area contributed by atoms with Crippen LogP contribution >= 0.6 is 0 Å². The molecule has 2 aromatic heterocycles. The number of fused-ring (bicyclic) bond motifs is 2. The van der Waals surface area contributed by atoms with Gasteiger partial charge in [-0.1, -0.05) is 6.42 Å². The van der Waals surface area contributed by atoms with Gasteiger partial charge < -0.3 is 14.7 Å². The van der Waals surface area contributed by atoms with Crippen molar-refractivity contribution in [1.82, 2.24) is 24.8 Å². The Morgan fingerprint density at radius 3 is 2.53 bits per heavy atom. The summed E-state index contributed by atoms with van der Waals surface area (Å²) in [6.07, 6.45) is 8.23. The molecule has 0 N–H and O–H groups in total. The standard InChI is InChI=1S/C29H40N8O/c1-20-17-36(27(38)28(3,4)34-12-7-13-34)21(2)16-35(20)25-24-26(33-19-32-25)37(18-29(24)9-6-10-29)23-14-22(15-30-5)8-11-31-23/h8,11,14,19-21H,5-7,9-10,12-13,15-18H2,1-4H3/t20-,21+/m0/s1. The maximum Gasteiger partial charge on any atom is 0.242 e. The number of carbonyl (C=O) groups is 1. The van der Waals surface area contributed by atoms with Gasteiger partial charge in [-0.3, -0.25) is 14.7 Å². The zero-order valence-corrected chi connectivity index (χ0v) is 23.2. The zero-order valence-electron chi connectivity index (χ0n) is 23.2. The average molecular weight is 517 g/mol. The lowest BCUT2D eigenvalue weighted by Gasteiger charge is -2.51. The number of aromatic nitrogens is 3. The summed E-state index contributed by atoms with van der Waals surface area (Å²) in [4.78, 5) is 41.3. The molecule has 5 heterocycles. The molecule has 0 bridgehead atoms. The topological polar surface area (TPSA) is 81.1 Å². The summed E-state index contributed by atoms with van der Waals surface area (Å²) < 4.78 is 0. The van der Waals surface area contributed by atoms with E-state index in [1.165, 1.54) is 18.4 Å². The van der Waals surface area contributed by atoms with Gasteiger partial charge in [0.1, 0.15) is 23.8 Å². The Labute approximate surface area is 226 Å². The maximum absolute atomic E-state index is 13.7. The highest BCUT2D eigenvalue weighted by atomic mass is 16.2. The zero-order chi connectivity index (χ0) is 26.7. The number of likely N-dealkylation sites (tertiary alicyclic amines) is 1. The number of aliphatic imine (C=N–C) groups is 1. The summed E-state index contributed by atoms with van der Waals surface area (Å²) in [5.41, 5.74) is 1.96. The number of anilines is 3. The maximum atomic E-state index is 13.7. The summed E-state index contributed by atoms with van der Waals surface area (Å²) in [7, 11) is 0. The molecular formula is C29H40N8O. The second kappa shape index (κ2) is 9.29. The minimum atomic E-state index is -0.455. The molecule has 9 heteroatoms. The number of pyridine rings is 1. The van der Waals surface area contributed by atoms with Crippen molar-refractivity contribution in [3.05, 3.63) is 35.8 Å². The molecule has 2 saturated heterocycles. The summed E-state index contributed by atoms with van der Waals surface area (Å²) in [6.45, 7) is 17.2. The third-order valence-electron chi connectivity index (χ3n) is 9.43. The predicted molar refractivity (Wildman–Crippen MR) is 150 cm³/mol. The van der Waals surface area contributed by atoms with E-state index in [2.05, 4.69) is 65.1 Å². The van der Waals surface area contributed by atoms with Crippen LogP contribution in [0.5, 0.6) is 0 Å². The molecule has 1 amide bonds. The van der Waals surface area contributed by atoms with Gasteiger partial charge in [0, 0.05) is 62.0 Å². The highest BCUT2D eigenvalue weighted by Crippen LogP contribution is 2.56. The number of nitrogens with zero attached hydrogens (tertiary/aromatic N) is 8. The number of amides is 1. The molecule has 0 unspecified atom stereocenters. The molecule has 1 saturated carbocycles. The van der Waals surface area contributed by atoms with Crippen molar-refractivity contribution < 1.29 is 4.79 Å². The third-order valence-corrected chi connectivity index (χ3v) is 9.43. The van der Waals surface area contributed by atoms with Crippen LogP contribution in [0.15, 0.2) is 29.6 Å². The van der Waals surface area contributed by atoms with Crippen LogP contribution in [0.25, 0.3) is 0 Å². The molecule has 2 atom stereocenters. The van der Waals surface area contributed by atoms with Crippen LogP contribution in [0.1, 0.15) is 64.5 Å². The highest BCUT2D eigenvalue weighted by molar-refractivity contribution is 5.86. The van der Waals surface area contributed by atoms with E-state index in [9.17, 15) is 4.79 Å². The van der Waals surface area contributed by atoms with Crippen LogP contribution in [-0.2, 0) is 16.8 Å². The summed E-state index contributed by atoms with van der Waals surface area (Å²) in [5.74, 6) is 3.16. The van der Waals surface area contributed by atoms with E-state index in [0.29, 0.717) is 13.1 Å². The molecule has 38 heavy (non-hydrogen) atoms. The molecule has 1 aliphatic carbocycles. The number of hydrogen-bond donors (Lipinski definition) is 0. The van der Waals surface area contributed by atoms with E-state index >= 15 is 0 Å². The van der Waals surface area contributed by atoms with Crippen LogP contribution in [0.4, 0.5) is 17.5 Å². The molecule has 2 aromatic rings. The fourth-order valence-electron chi connectivity index (χ4n) is 6.82. The Kier molecular flexibility index (Phi) is 6.17. The van der Waals surface area contributed by atoms with Gasteiger partial charge in [0.15, 0.2) is 0 Å². The largest absolute Gasteiger partial charge is 0.350 e. The Morgan fingerprint density at radius 2 is 1.87 bits per heavy atom. The molecule has 202 valence electrons. The Balaban J connectivity index is 1.31. The minimum Gasteiger partial charge on any atom is -0.350 e. The van der Waals surface area contributed by atoms with E-state index in [1.807, 2.05) is 12.3 Å². The molecule has 3 aliphatic heterocycles. The van der Waals surface area contributed by atoms with Gasteiger partial charge in [-0.2, -0.15) is 0 Å². The van der Waals surface area contributed by atoms with Crippen LogP contribution in [-0.4, -0.2) is 87.7 Å². The third kappa shape index (κ3) is 3.89. The molecular weight excluding hydrogens is 476 g/mol. The van der Waals surface area contributed by atoms with Gasteiger partial charge in [-0.15, -0.1) is 0 Å². The van der Waals surface area contributed by atoms with Gasteiger partial charge in [-0.05, 0) is 71.4 Å². The fraction of sp³-hybridized carbons (Fsp3) is 0.621. The first kappa shape index (κ1) is 25.2. The number of piperazine rings is 1. The Morgan fingerprint density at radius 1 is 1.11 bits per heavy atom. The van der Waals surface area contributed by atoms with E-state index in [0.717, 1.165) is 62.0 Å². The first-order valence-electron chi connectivity index (χ1n) is 14.1. The molecule has 4 aliphatic rings. The van der Waals surface area contributed by atoms with Gasteiger partial charge in [-0.25, -0.2) is 15.0 Å². The number of rotatable bonds is 6. The van der Waals surface area contributed by atoms with E-state index in [4.69, 9.17) is 15.0 Å². The summed E-state index contributed by atoms with van der Waals surface area (Å²) >= 11 is 0. The lowest BCUT2D eigenvalue weighted by molar-refractivity contribution is -0.148. The smallest absolute Gasteiger partial charge is 0.242 e. The van der Waals surface area contributed by atoms with Crippen molar-refractivity contribution in [2.75, 3.05) is 42.5 Å². The highest BCUT2D eigenvalue weighted by Gasteiger charge is 2.52. The van der Waals surface area contributed by atoms with E-state index < -0.39 is 5.54 Å². The van der Waals surface area contributed by atoms with Gasteiger partial charge in [0.2, 0.25) is 5.91 Å². The fourth-order valence-corrected chi connectivity index (χ4v) is 6.82. The lowest BCUT2D eigenvalue weighted by atomic mass is 9.66.